The molecule has 0 atom stereocenters. The highest BCUT2D eigenvalue weighted by molar-refractivity contribution is 9.10. The van der Waals surface area contributed by atoms with Gasteiger partial charge in [-0.05, 0) is 38.3 Å². The molecule has 3 nitrogen and oxygen atoms in total. The van der Waals surface area contributed by atoms with Crippen LogP contribution < -0.4 is 4.74 Å². The number of aryl methyl sites for hydroxylation is 1. The van der Waals surface area contributed by atoms with Crippen LogP contribution in [0.2, 0.25) is 0 Å². The molecule has 0 radical (unpaired) electrons. The lowest BCUT2D eigenvalue weighted by molar-refractivity contribution is 0.375. The molecule has 0 aromatic heterocycles. The average molecular weight is 324 g/mol. The fourth-order valence-corrected chi connectivity index (χ4v) is 3.67. The summed E-state index contributed by atoms with van der Waals surface area (Å²) in [5.74, 6) is 0.841. The van der Waals surface area contributed by atoms with E-state index in [-0.39, 0.29) is 0 Å². The number of carbonyl (C=O) groups excluding carboxylic acids is 1. The summed E-state index contributed by atoms with van der Waals surface area (Å²) in [4.78, 5) is 15.0. The largest absolute Gasteiger partial charge is 0.496 e. The van der Waals surface area contributed by atoms with E-state index in [1.807, 2.05) is 13.8 Å². The van der Waals surface area contributed by atoms with Crippen molar-refractivity contribution < 1.29 is 9.53 Å². The van der Waals surface area contributed by atoms with E-state index in [0.29, 0.717) is 0 Å². The van der Waals surface area contributed by atoms with Gasteiger partial charge in [-0.15, -0.1) is 0 Å². The van der Waals surface area contributed by atoms with E-state index in [1.54, 1.807) is 13.2 Å². The lowest BCUT2D eigenvalue weighted by Gasteiger charge is -2.28. The lowest BCUT2D eigenvalue weighted by atomic mass is 9.84. The third-order valence-corrected chi connectivity index (χ3v) is 4.85. The molecule has 1 aliphatic rings. The molecule has 19 heavy (non-hydrogen) atoms. The number of isocyanates is 1. The molecule has 1 saturated carbocycles. The van der Waals surface area contributed by atoms with Gasteiger partial charge in [0.15, 0.2) is 0 Å². The normalized spacial score (nSPS) is 17.1. The Hall–Kier alpha value is -1.12. The van der Waals surface area contributed by atoms with Crippen LogP contribution in [0.25, 0.3) is 0 Å². The Kier molecular flexibility index (Phi) is 4.12. The summed E-state index contributed by atoms with van der Waals surface area (Å²) in [5, 5.41) is 0. The first-order valence-corrected chi connectivity index (χ1v) is 7.28. The van der Waals surface area contributed by atoms with Crippen molar-refractivity contribution in [3.63, 3.8) is 0 Å². The smallest absolute Gasteiger partial charge is 0.235 e. The van der Waals surface area contributed by atoms with Crippen molar-refractivity contribution in [1.29, 1.82) is 0 Å². The molecular formula is C15H18BrNO2. The summed E-state index contributed by atoms with van der Waals surface area (Å²) in [5.41, 5.74) is 2.77. The van der Waals surface area contributed by atoms with Crippen molar-refractivity contribution in [2.75, 3.05) is 7.11 Å². The zero-order valence-electron chi connectivity index (χ0n) is 11.5. The summed E-state index contributed by atoms with van der Waals surface area (Å²) in [7, 11) is 1.67. The van der Waals surface area contributed by atoms with Crippen LogP contribution in [0.1, 0.15) is 42.4 Å². The number of ether oxygens (including phenoxy) is 1. The van der Waals surface area contributed by atoms with E-state index in [4.69, 9.17) is 4.74 Å². The maximum atomic E-state index is 10.9. The number of hydrogen-bond acceptors (Lipinski definition) is 3. The third-order valence-electron chi connectivity index (χ3n) is 4.02. The van der Waals surface area contributed by atoms with E-state index in [1.165, 1.54) is 0 Å². The Morgan fingerprint density at radius 1 is 1.37 bits per heavy atom. The van der Waals surface area contributed by atoms with Gasteiger partial charge in [0.05, 0.1) is 7.11 Å². The second kappa shape index (κ2) is 5.48. The Morgan fingerprint density at radius 2 is 2.00 bits per heavy atom. The molecule has 0 saturated heterocycles. The maximum absolute atomic E-state index is 10.9. The molecule has 1 fully saturated rings. The number of benzene rings is 1. The van der Waals surface area contributed by atoms with Crippen LogP contribution in [0.15, 0.2) is 15.5 Å². The zero-order chi connectivity index (χ0) is 14.0. The molecule has 1 aliphatic carbocycles. The first kappa shape index (κ1) is 14.3. The van der Waals surface area contributed by atoms with Crippen molar-refractivity contribution in [2.45, 2.75) is 45.1 Å². The minimum atomic E-state index is -0.442. The Labute approximate surface area is 122 Å². The fraction of sp³-hybridized carbons (Fsp3) is 0.533. The van der Waals surface area contributed by atoms with Crippen LogP contribution in [0.5, 0.6) is 5.75 Å². The van der Waals surface area contributed by atoms with Gasteiger partial charge in [0.1, 0.15) is 11.3 Å². The summed E-state index contributed by atoms with van der Waals surface area (Å²) in [6, 6.07) is 2.08. The molecular weight excluding hydrogens is 306 g/mol. The number of methoxy groups -OCH3 is 1. The van der Waals surface area contributed by atoms with Gasteiger partial charge in [0.25, 0.3) is 0 Å². The van der Waals surface area contributed by atoms with Crippen LogP contribution in [0.4, 0.5) is 0 Å². The highest BCUT2D eigenvalue weighted by Gasteiger charge is 2.40. The fourth-order valence-electron chi connectivity index (χ4n) is 3.14. The highest BCUT2D eigenvalue weighted by atomic mass is 79.9. The van der Waals surface area contributed by atoms with E-state index < -0.39 is 5.54 Å². The quantitative estimate of drug-likeness (QED) is 0.618. The maximum Gasteiger partial charge on any atom is 0.235 e. The molecule has 0 aliphatic heterocycles. The van der Waals surface area contributed by atoms with Crippen LogP contribution in [-0.2, 0) is 10.3 Å². The minimum absolute atomic E-state index is 0.442. The van der Waals surface area contributed by atoms with Crippen molar-refractivity contribution in [3.8, 4) is 5.75 Å². The van der Waals surface area contributed by atoms with Gasteiger partial charge in [0.2, 0.25) is 6.08 Å². The molecule has 102 valence electrons. The second-order valence-electron chi connectivity index (χ2n) is 5.15. The lowest BCUT2D eigenvalue weighted by Crippen LogP contribution is -2.22. The van der Waals surface area contributed by atoms with Gasteiger partial charge in [-0.25, -0.2) is 4.79 Å². The van der Waals surface area contributed by atoms with Crippen LogP contribution in [0, 0.1) is 13.8 Å². The highest BCUT2D eigenvalue weighted by Crippen LogP contribution is 2.49. The molecule has 0 heterocycles. The van der Waals surface area contributed by atoms with Crippen molar-refractivity contribution in [2.24, 2.45) is 4.99 Å². The summed E-state index contributed by atoms with van der Waals surface area (Å²) in [6.07, 6.45) is 5.72. The monoisotopic (exact) mass is 323 g/mol. The Morgan fingerprint density at radius 3 is 2.53 bits per heavy atom. The van der Waals surface area contributed by atoms with Crippen LogP contribution >= 0.6 is 15.9 Å². The molecule has 0 spiro atoms. The number of aliphatic imine (C=N–C) groups is 1. The molecule has 0 amide bonds. The summed E-state index contributed by atoms with van der Waals surface area (Å²) >= 11 is 3.55. The van der Waals surface area contributed by atoms with Crippen molar-refractivity contribution >= 4 is 22.0 Å². The van der Waals surface area contributed by atoms with Crippen LogP contribution in [0.3, 0.4) is 0 Å². The zero-order valence-corrected chi connectivity index (χ0v) is 13.1. The predicted molar refractivity (Wildman–Crippen MR) is 78.4 cm³/mol. The molecule has 0 bridgehead atoms. The first-order chi connectivity index (χ1) is 9.05. The Balaban J connectivity index is 2.73. The second-order valence-corrected chi connectivity index (χ2v) is 6.00. The summed E-state index contributed by atoms with van der Waals surface area (Å²) in [6.45, 7) is 4.06. The number of halogens is 1. The van der Waals surface area contributed by atoms with Gasteiger partial charge < -0.3 is 4.74 Å². The number of hydrogen-bond donors (Lipinski definition) is 0. The van der Waals surface area contributed by atoms with Gasteiger partial charge in [-0.2, -0.15) is 4.99 Å². The van der Waals surface area contributed by atoms with Gasteiger partial charge >= 0.3 is 0 Å². The number of rotatable bonds is 3. The van der Waals surface area contributed by atoms with Gasteiger partial charge in [-0.3, -0.25) is 0 Å². The van der Waals surface area contributed by atoms with Gasteiger partial charge in [0, 0.05) is 15.6 Å². The molecule has 4 heteroatoms. The third kappa shape index (κ3) is 2.35. The molecule has 0 N–H and O–H groups in total. The van der Waals surface area contributed by atoms with E-state index >= 15 is 0 Å². The molecule has 1 aromatic rings. The molecule has 2 rings (SSSR count). The van der Waals surface area contributed by atoms with E-state index in [0.717, 1.165) is 52.6 Å². The Bertz CT molecular complexity index is 542. The minimum Gasteiger partial charge on any atom is -0.496 e. The van der Waals surface area contributed by atoms with Gasteiger partial charge in [-0.1, -0.05) is 28.8 Å². The van der Waals surface area contributed by atoms with Crippen LogP contribution in [-0.4, -0.2) is 13.2 Å². The molecule has 0 unspecified atom stereocenters. The predicted octanol–water partition coefficient (Wildman–Crippen LogP) is 4.18. The van der Waals surface area contributed by atoms with Crippen molar-refractivity contribution in [1.82, 2.24) is 0 Å². The summed E-state index contributed by atoms with van der Waals surface area (Å²) < 4.78 is 6.62. The standard InChI is InChI=1S/C15H18BrNO2/c1-10-8-12(16)11(2)14(19-3)13(10)15(17-9-18)6-4-5-7-15/h8H,4-7H2,1-3H3. The van der Waals surface area contributed by atoms with E-state index in [9.17, 15) is 4.79 Å². The van der Waals surface area contributed by atoms with E-state index in [2.05, 4.69) is 27.0 Å². The SMILES string of the molecule is COc1c(C)c(Br)cc(C)c1C1(N=C=O)CCCC1. The topological polar surface area (TPSA) is 38.7 Å². The molecule has 1 aromatic carbocycles. The average Bonchev–Trinajstić information content (AvgIpc) is 2.83. The first-order valence-electron chi connectivity index (χ1n) is 6.49. The number of nitrogens with zero attached hydrogens (tertiary/aromatic N) is 1. The van der Waals surface area contributed by atoms with Crippen molar-refractivity contribution in [3.05, 3.63) is 27.2 Å².